The summed E-state index contributed by atoms with van der Waals surface area (Å²) in [5.41, 5.74) is 0. The molecule has 2 aromatic carbocycles. The molecule has 2 aromatic rings. The Hall–Kier alpha value is -2.06. The molecule has 0 aliphatic carbocycles. The van der Waals surface area contributed by atoms with Crippen LogP contribution in [0.25, 0.3) is 0 Å². The Bertz CT molecular complexity index is 637. The van der Waals surface area contributed by atoms with Gasteiger partial charge in [-0.25, -0.2) is 0 Å². The van der Waals surface area contributed by atoms with Gasteiger partial charge >= 0.3 is 0 Å². The van der Waals surface area contributed by atoms with Crippen molar-refractivity contribution in [1.29, 1.82) is 0 Å². The topological polar surface area (TPSA) is 55.4 Å². The maximum Gasteiger partial charge on any atom is 0.203 e. The van der Waals surface area contributed by atoms with Crippen LogP contribution in [-0.2, 0) is 0 Å². The molecule has 0 amide bonds. The van der Waals surface area contributed by atoms with Crippen LogP contribution in [0.4, 0.5) is 0 Å². The van der Waals surface area contributed by atoms with Crippen molar-refractivity contribution in [3.05, 3.63) is 24.3 Å². The molecule has 0 radical (unpaired) electrons. The van der Waals surface area contributed by atoms with E-state index in [9.17, 15) is 0 Å². The second-order valence-corrected chi connectivity index (χ2v) is 7.16. The molecule has 6 nitrogen and oxygen atoms in total. The fourth-order valence-corrected chi connectivity index (χ4v) is 4.27. The number of benzene rings is 2. The van der Waals surface area contributed by atoms with Gasteiger partial charge < -0.3 is 28.4 Å². The van der Waals surface area contributed by atoms with E-state index in [1.807, 2.05) is 24.3 Å². The molecule has 0 heterocycles. The minimum Gasteiger partial charge on any atom is -0.493 e. The van der Waals surface area contributed by atoms with Crippen LogP contribution in [0, 0.1) is 0 Å². The normalized spacial score (nSPS) is 10.2. The van der Waals surface area contributed by atoms with Gasteiger partial charge in [-0.3, -0.25) is 0 Å². The lowest BCUT2D eigenvalue weighted by atomic mass is 10.3. The second kappa shape index (κ2) is 9.59. The summed E-state index contributed by atoms with van der Waals surface area (Å²) in [6.45, 7) is 0. The zero-order valence-corrected chi connectivity index (χ0v) is 17.2. The van der Waals surface area contributed by atoms with Gasteiger partial charge in [-0.15, -0.1) is 0 Å². The average Bonchev–Trinajstić information content (AvgIpc) is 2.70. The Labute approximate surface area is 161 Å². The van der Waals surface area contributed by atoms with Crippen LogP contribution in [0.5, 0.6) is 34.5 Å². The fraction of sp³-hybridized carbons (Fsp3) is 0.333. The van der Waals surface area contributed by atoms with E-state index in [1.54, 1.807) is 64.2 Å². The van der Waals surface area contributed by atoms with Crippen LogP contribution in [0.1, 0.15) is 0 Å². The minimum absolute atomic E-state index is 0.567. The number of hydrogen-bond donors (Lipinski definition) is 0. The van der Waals surface area contributed by atoms with Gasteiger partial charge in [0.15, 0.2) is 23.0 Å². The van der Waals surface area contributed by atoms with E-state index >= 15 is 0 Å². The van der Waals surface area contributed by atoms with Crippen LogP contribution in [0.3, 0.4) is 0 Å². The molecule has 26 heavy (non-hydrogen) atoms. The average molecular weight is 399 g/mol. The summed E-state index contributed by atoms with van der Waals surface area (Å²) >= 11 is 0. The van der Waals surface area contributed by atoms with Crippen molar-refractivity contribution in [2.75, 3.05) is 42.7 Å². The lowest BCUT2D eigenvalue weighted by Crippen LogP contribution is -1.95. The highest BCUT2D eigenvalue weighted by Crippen LogP contribution is 2.48. The van der Waals surface area contributed by atoms with Crippen molar-refractivity contribution in [2.45, 2.75) is 9.79 Å². The highest BCUT2D eigenvalue weighted by atomic mass is 33.1. The molecule has 0 atom stereocenters. The third kappa shape index (κ3) is 4.37. The molecule has 0 aliphatic heterocycles. The number of methoxy groups -OCH3 is 6. The predicted octanol–water partition coefficient (Wildman–Crippen LogP) is 4.54. The highest BCUT2D eigenvalue weighted by molar-refractivity contribution is 8.76. The summed E-state index contributed by atoms with van der Waals surface area (Å²) in [4.78, 5) is 1.91. The van der Waals surface area contributed by atoms with E-state index in [4.69, 9.17) is 28.4 Å². The third-order valence-corrected chi connectivity index (χ3v) is 5.85. The van der Waals surface area contributed by atoms with Crippen LogP contribution >= 0.6 is 21.6 Å². The number of hydrogen-bond acceptors (Lipinski definition) is 8. The van der Waals surface area contributed by atoms with Crippen molar-refractivity contribution in [2.24, 2.45) is 0 Å². The molecule has 142 valence electrons. The van der Waals surface area contributed by atoms with Gasteiger partial charge in [-0.2, -0.15) is 0 Å². The van der Waals surface area contributed by atoms with Crippen molar-refractivity contribution in [3.8, 4) is 34.5 Å². The highest BCUT2D eigenvalue weighted by Gasteiger charge is 2.16. The van der Waals surface area contributed by atoms with E-state index in [-0.39, 0.29) is 0 Å². The van der Waals surface area contributed by atoms with E-state index in [0.717, 1.165) is 9.79 Å². The standard InChI is InChI=1S/C18H22O6S2/c1-19-13-7-11(8-14(20-2)17(13)23-5)25-26-12-9-15(21-3)18(24-6)16(10-12)22-4/h7-10H,1-6H3. The number of ether oxygens (including phenoxy) is 6. The summed E-state index contributed by atoms with van der Waals surface area (Å²) in [6.07, 6.45) is 0. The fourth-order valence-electron chi connectivity index (χ4n) is 2.31. The van der Waals surface area contributed by atoms with Gasteiger partial charge in [0.1, 0.15) is 0 Å². The predicted molar refractivity (Wildman–Crippen MR) is 104 cm³/mol. The van der Waals surface area contributed by atoms with Crippen molar-refractivity contribution < 1.29 is 28.4 Å². The molecule has 0 saturated carbocycles. The van der Waals surface area contributed by atoms with Gasteiger partial charge in [0.2, 0.25) is 11.5 Å². The molecule has 0 bridgehead atoms. The summed E-state index contributed by atoms with van der Waals surface area (Å²) in [6, 6.07) is 7.60. The zero-order valence-electron chi connectivity index (χ0n) is 15.6. The summed E-state index contributed by atoms with van der Waals surface area (Å²) in [5, 5.41) is 0. The van der Waals surface area contributed by atoms with E-state index in [2.05, 4.69) is 0 Å². The van der Waals surface area contributed by atoms with Crippen LogP contribution in [0.2, 0.25) is 0 Å². The van der Waals surface area contributed by atoms with Crippen LogP contribution < -0.4 is 28.4 Å². The lowest BCUT2D eigenvalue weighted by Gasteiger charge is -2.15. The molecule has 0 N–H and O–H groups in total. The Kier molecular flexibility index (Phi) is 7.47. The first-order valence-corrected chi connectivity index (χ1v) is 9.71. The van der Waals surface area contributed by atoms with Crippen molar-refractivity contribution in [1.82, 2.24) is 0 Å². The van der Waals surface area contributed by atoms with Crippen molar-refractivity contribution in [3.63, 3.8) is 0 Å². The quantitative estimate of drug-likeness (QED) is 0.571. The summed E-state index contributed by atoms with van der Waals surface area (Å²) in [5.74, 6) is 3.58. The first kappa shape index (κ1) is 20.3. The summed E-state index contributed by atoms with van der Waals surface area (Å²) in [7, 11) is 12.6. The SMILES string of the molecule is COc1cc(SSc2cc(OC)c(OC)c(OC)c2)cc(OC)c1OC. The van der Waals surface area contributed by atoms with Crippen LogP contribution in [0.15, 0.2) is 34.1 Å². The van der Waals surface area contributed by atoms with Gasteiger partial charge in [0.25, 0.3) is 0 Å². The maximum atomic E-state index is 5.39. The van der Waals surface area contributed by atoms with Gasteiger partial charge in [-0.05, 0) is 24.3 Å². The molecule has 8 heteroatoms. The lowest BCUT2D eigenvalue weighted by molar-refractivity contribution is 0.323. The van der Waals surface area contributed by atoms with E-state index in [1.165, 1.54) is 0 Å². The molecule has 0 saturated heterocycles. The Morgan fingerprint density at radius 3 is 0.923 bits per heavy atom. The van der Waals surface area contributed by atoms with Gasteiger partial charge in [-0.1, -0.05) is 21.6 Å². The minimum atomic E-state index is 0.567. The monoisotopic (exact) mass is 398 g/mol. The first-order valence-electron chi connectivity index (χ1n) is 7.56. The second-order valence-electron chi connectivity index (χ2n) is 4.89. The molecule has 0 aromatic heterocycles. The summed E-state index contributed by atoms with van der Waals surface area (Å²) < 4.78 is 32.3. The smallest absolute Gasteiger partial charge is 0.203 e. The maximum absolute atomic E-state index is 5.39. The van der Waals surface area contributed by atoms with Crippen molar-refractivity contribution >= 4 is 21.6 Å². The van der Waals surface area contributed by atoms with E-state index < -0.39 is 0 Å². The molecular weight excluding hydrogens is 376 g/mol. The largest absolute Gasteiger partial charge is 0.493 e. The first-order chi connectivity index (χ1) is 12.6. The third-order valence-electron chi connectivity index (χ3n) is 3.51. The molecule has 0 spiro atoms. The van der Waals surface area contributed by atoms with Gasteiger partial charge in [0.05, 0.1) is 42.7 Å². The molecule has 0 aliphatic rings. The Morgan fingerprint density at radius 2 is 0.731 bits per heavy atom. The van der Waals surface area contributed by atoms with E-state index in [0.29, 0.717) is 34.5 Å². The number of rotatable bonds is 9. The van der Waals surface area contributed by atoms with Crippen LogP contribution in [-0.4, -0.2) is 42.7 Å². The zero-order chi connectivity index (χ0) is 19.1. The molecule has 0 fully saturated rings. The molecule has 2 rings (SSSR count). The molecule has 0 unspecified atom stereocenters. The van der Waals surface area contributed by atoms with Gasteiger partial charge in [0, 0.05) is 9.79 Å². The molecular formula is C18H22O6S2. The Morgan fingerprint density at radius 1 is 0.462 bits per heavy atom. The Balaban J connectivity index is 2.28.